The highest BCUT2D eigenvalue weighted by Gasteiger charge is 2.23. The Labute approximate surface area is 249 Å². The molecule has 5 rings (SSSR count). The molecule has 4 aromatic rings. The third-order valence-electron chi connectivity index (χ3n) is 6.71. The van der Waals surface area contributed by atoms with Gasteiger partial charge in [0.2, 0.25) is 0 Å². The van der Waals surface area contributed by atoms with Crippen LogP contribution in [0.15, 0.2) is 103 Å². The Kier molecular flexibility index (Phi) is 9.13. The van der Waals surface area contributed by atoms with E-state index in [1.165, 1.54) is 0 Å². The van der Waals surface area contributed by atoms with Crippen LogP contribution in [0.25, 0.3) is 0 Å². The smallest absolute Gasteiger partial charge is 0.257 e. The number of hydrogen-bond acceptors (Lipinski definition) is 5. The van der Waals surface area contributed by atoms with Gasteiger partial charge in [0.1, 0.15) is 12.4 Å². The molecule has 4 aromatic carbocycles. The standard InChI is InChI=1S/C32H29ClN4O3S/c33-28-21-26(14-15-29(28)36-16-18-37(19-17-36)31(39)24-10-5-2-6-11-24)34-32(41)35-30(38)25-12-7-13-27(20-25)40-22-23-8-3-1-4-9-23/h1-15,20-21H,16-19,22H2,(H2,34,35,38,41). The molecule has 1 aliphatic heterocycles. The molecular weight excluding hydrogens is 556 g/mol. The van der Waals surface area contributed by atoms with Gasteiger partial charge in [-0.1, -0.05) is 66.2 Å². The van der Waals surface area contributed by atoms with Gasteiger partial charge in [-0.05, 0) is 66.3 Å². The van der Waals surface area contributed by atoms with Gasteiger partial charge in [0.25, 0.3) is 11.8 Å². The lowest BCUT2D eigenvalue weighted by molar-refractivity contribution is 0.0746. The maximum absolute atomic E-state index is 12.8. The molecule has 208 valence electrons. The fourth-order valence-corrected chi connectivity index (χ4v) is 5.07. The molecule has 7 nitrogen and oxygen atoms in total. The molecule has 0 radical (unpaired) electrons. The number of amides is 2. The maximum Gasteiger partial charge on any atom is 0.257 e. The molecular formula is C32H29ClN4O3S. The fraction of sp³-hybridized carbons (Fsp3) is 0.156. The first kappa shape index (κ1) is 28.1. The van der Waals surface area contributed by atoms with E-state index in [9.17, 15) is 9.59 Å². The second-order valence-corrected chi connectivity index (χ2v) is 10.3. The predicted molar refractivity (Wildman–Crippen MR) is 167 cm³/mol. The molecule has 0 aliphatic carbocycles. The number of anilines is 2. The molecule has 1 heterocycles. The first-order valence-corrected chi connectivity index (χ1v) is 14.0. The van der Waals surface area contributed by atoms with Gasteiger partial charge < -0.3 is 19.9 Å². The lowest BCUT2D eigenvalue weighted by atomic mass is 10.1. The number of benzene rings is 4. The Balaban J connectivity index is 1.12. The van der Waals surface area contributed by atoms with Gasteiger partial charge >= 0.3 is 0 Å². The average molecular weight is 585 g/mol. The van der Waals surface area contributed by atoms with Crippen LogP contribution >= 0.6 is 23.8 Å². The molecule has 1 aliphatic rings. The van der Waals surface area contributed by atoms with Gasteiger partial charge in [0, 0.05) is 43.0 Å². The summed E-state index contributed by atoms with van der Waals surface area (Å²) in [6, 6.07) is 31.6. The number of ether oxygens (including phenoxy) is 1. The minimum atomic E-state index is -0.349. The Morgan fingerprint density at radius 3 is 2.20 bits per heavy atom. The molecule has 0 aromatic heterocycles. The first-order chi connectivity index (χ1) is 20.0. The molecule has 0 unspecified atom stereocenters. The van der Waals surface area contributed by atoms with E-state index in [1.807, 2.05) is 77.7 Å². The van der Waals surface area contributed by atoms with E-state index in [0.717, 1.165) is 11.3 Å². The van der Waals surface area contributed by atoms with Crippen LogP contribution < -0.4 is 20.3 Å². The number of nitrogens with zero attached hydrogens (tertiary/aromatic N) is 2. The topological polar surface area (TPSA) is 73.9 Å². The summed E-state index contributed by atoms with van der Waals surface area (Å²) in [5.74, 6) is 0.282. The van der Waals surface area contributed by atoms with Crippen molar-refractivity contribution < 1.29 is 14.3 Å². The minimum absolute atomic E-state index is 0.0397. The molecule has 2 N–H and O–H groups in total. The van der Waals surface area contributed by atoms with E-state index < -0.39 is 0 Å². The molecule has 0 saturated carbocycles. The predicted octanol–water partition coefficient (Wildman–Crippen LogP) is 6.01. The number of thiocarbonyl (C=S) groups is 1. The lowest BCUT2D eigenvalue weighted by Crippen LogP contribution is -2.48. The van der Waals surface area contributed by atoms with E-state index in [2.05, 4.69) is 15.5 Å². The van der Waals surface area contributed by atoms with Crippen LogP contribution in [0.4, 0.5) is 11.4 Å². The van der Waals surface area contributed by atoms with Crippen molar-refractivity contribution in [1.29, 1.82) is 0 Å². The van der Waals surface area contributed by atoms with Crippen molar-refractivity contribution in [2.75, 3.05) is 36.4 Å². The van der Waals surface area contributed by atoms with Crippen LogP contribution in [0.2, 0.25) is 5.02 Å². The summed E-state index contributed by atoms with van der Waals surface area (Å²) in [6.45, 7) is 2.98. The largest absolute Gasteiger partial charge is 0.489 e. The molecule has 41 heavy (non-hydrogen) atoms. The molecule has 1 fully saturated rings. The Bertz CT molecular complexity index is 1530. The number of halogens is 1. The monoisotopic (exact) mass is 584 g/mol. The molecule has 0 atom stereocenters. The SMILES string of the molecule is O=C(NC(=S)Nc1ccc(N2CCN(C(=O)c3ccccc3)CC2)c(Cl)c1)c1cccc(OCc2ccccc2)c1. The number of piperazine rings is 1. The lowest BCUT2D eigenvalue weighted by Gasteiger charge is -2.36. The zero-order valence-corrected chi connectivity index (χ0v) is 23.8. The minimum Gasteiger partial charge on any atom is -0.489 e. The highest BCUT2D eigenvalue weighted by Crippen LogP contribution is 2.30. The van der Waals surface area contributed by atoms with Crippen molar-refractivity contribution >= 4 is 52.1 Å². The number of rotatable bonds is 7. The van der Waals surface area contributed by atoms with Crippen molar-refractivity contribution in [3.8, 4) is 5.75 Å². The summed E-state index contributed by atoms with van der Waals surface area (Å²) in [5, 5.41) is 6.44. The van der Waals surface area contributed by atoms with Gasteiger partial charge in [0.05, 0.1) is 10.7 Å². The Morgan fingerprint density at radius 2 is 1.49 bits per heavy atom. The summed E-state index contributed by atoms with van der Waals surface area (Å²) >= 11 is 12.0. The van der Waals surface area contributed by atoms with Gasteiger partial charge in [-0.15, -0.1) is 0 Å². The van der Waals surface area contributed by atoms with E-state index in [4.69, 9.17) is 28.6 Å². The second kappa shape index (κ2) is 13.3. The van der Waals surface area contributed by atoms with Gasteiger partial charge in [0.15, 0.2) is 5.11 Å². The van der Waals surface area contributed by atoms with Crippen molar-refractivity contribution in [1.82, 2.24) is 10.2 Å². The number of hydrogen-bond donors (Lipinski definition) is 2. The molecule has 0 spiro atoms. The number of carbonyl (C=O) groups excluding carboxylic acids is 2. The van der Waals surface area contributed by atoms with Crippen molar-refractivity contribution in [2.24, 2.45) is 0 Å². The van der Waals surface area contributed by atoms with Gasteiger partial charge in [-0.2, -0.15) is 0 Å². The summed E-state index contributed by atoms with van der Waals surface area (Å²) in [6.07, 6.45) is 0. The number of nitrogens with one attached hydrogen (secondary N) is 2. The third-order valence-corrected chi connectivity index (χ3v) is 7.21. The normalized spacial score (nSPS) is 12.9. The molecule has 9 heteroatoms. The maximum atomic E-state index is 12.8. The van der Waals surface area contributed by atoms with E-state index in [1.54, 1.807) is 30.3 Å². The van der Waals surface area contributed by atoms with Crippen molar-refractivity contribution in [3.05, 3.63) is 125 Å². The second-order valence-electron chi connectivity index (χ2n) is 9.52. The summed E-state index contributed by atoms with van der Waals surface area (Å²) in [5.41, 5.74) is 3.70. The molecule has 0 bridgehead atoms. The van der Waals surface area contributed by atoms with Crippen molar-refractivity contribution in [3.63, 3.8) is 0 Å². The van der Waals surface area contributed by atoms with Crippen LogP contribution in [0.1, 0.15) is 26.3 Å². The summed E-state index contributed by atoms with van der Waals surface area (Å²) in [7, 11) is 0. The van der Waals surface area contributed by atoms with Crippen LogP contribution in [0.3, 0.4) is 0 Å². The van der Waals surface area contributed by atoms with E-state index in [0.29, 0.717) is 60.4 Å². The quantitative estimate of drug-likeness (QED) is 0.259. The highest BCUT2D eigenvalue weighted by molar-refractivity contribution is 7.80. The number of carbonyl (C=O) groups is 2. The first-order valence-electron chi connectivity index (χ1n) is 13.2. The van der Waals surface area contributed by atoms with Crippen LogP contribution in [-0.4, -0.2) is 48.0 Å². The van der Waals surface area contributed by atoms with Crippen LogP contribution in [0, 0.1) is 0 Å². The summed E-state index contributed by atoms with van der Waals surface area (Å²) in [4.78, 5) is 29.6. The summed E-state index contributed by atoms with van der Waals surface area (Å²) < 4.78 is 5.83. The third kappa shape index (κ3) is 7.42. The zero-order chi connectivity index (χ0) is 28.6. The average Bonchev–Trinajstić information content (AvgIpc) is 3.01. The Hall–Kier alpha value is -4.40. The van der Waals surface area contributed by atoms with Crippen molar-refractivity contribution in [2.45, 2.75) is 6.61 Å². The van der Waals surface area contributed by atoms with Gasteiger partial charge in [-0.3, -0.25) is 14.9 Å². The Morgan fingerprint density at radius 1 is 0.805 bits per heavy atom. The van der Waals surface area contributed by atoms with Crippen LogP contribution in [0.5, 0.6) is 5.75 Å². The van der Waals surface area contributed by atoms with E-state index in [-0.39, 0.29) is 16.9 Å². The van der Waals surface area contributed by atoms with Gasteiger partial charge in [-0.25, -0.2) is 0 Å². The highest BCUT2D eigenvalue weighted by atomic mass is 35.5. The van der Waals surface area contributed by atoms with Crippen LogP contribution in [-0.2, 0) is 6.61 Å². The fourth-order valence-electron chi connectivity index (χ4n) is 4.56. The molecule has 2 amide bonds. The zero-order valence-electron chi connectivity index (χ0n) is 22.3. The van der Waals surface area contributed by atoms with E-state index >= 15 is 0 Å². The molecule has 1 saturated heterocycles.